The standard InChI is InChI=1S/C16H11F2N3O2/c17-10-3-1-4-11(18)14(10)16(22)21-9-12-15(20-7-6-19-12)13-5-2-8-23-13/h1-8H,9H2,(H,21,22). The molecule has 1 amide bonds. The van der Waals surface area contributed by atoms with Gasteiger partial charge >= 0.3 is 0 Å². The molecule has 7 heteroatoms. The number of nitrogens with one attached hydrogen (secondary N) is 1. The SMILES string of the molecule is O=C(NCc1nccnc1-c1ccco1)c1c(F)cccc1F. The van der Waals surface area contributed by atoms with E-state index in [1.807, 2.05) is 0 Å². The van der Waals surface area contributed by atoms with E-state index in [1.165, 1.54) is 24.7 Å². The first kappa shape index (κ1) is 14.8. The Kier molecular flexibility index (Phi) is 4.09. The molecular weight excluding hydrogens is 304 g/mol. The second-order valence-electron chi connectivity index (χ2n) is 4.61. The predicted octanol–water partition coefficient (Wildman–Crippen LogP) is 2.94. The molecule has 5 nitrogen and oxygen atoms in total. The van der Waals surface area contributed by atoms with Gasteiger partial charge < -0.3 is 9.73 Å². The number of nitrogens with zero attached hydrogens (tertiary/aromatic N) is 2. The number of halogens is 2. The molecule has 0 aliphatic rings. The fourth-order valence-corrected chi connectivity index (χ4v) is 2.08. The van der Waals surface area contributed by atoms with E-state index in [-0.39, 0.29) is 6.54 Å². The fraction of sp³-hybridized carbons (Fsp3) is 0.0625. The van der Waals surface area contributed by atoms with Gasteiger partial charge in [0.25, 0.3) is 5.91 Å². The molecule has 0 atom stereocenters. The summed E-state index contributed by atoms with van der Waals surface area (Å²) >= 11 is 0. The van der Waals surface area contributed by atoms with Crippen LogP contribution in [-0.2, 0) is 6.54 Å². The summed E-state index contributed by atoms with van der Waals surface area (Å²) in [5.74, 6) is -2.23. The maximum atomic E-state index is 13.6. The first-order valence-corrected chi connectivity index (χ1v) is 6.73. The lowest BCUT2D eigenvalue weighted by molar-refractivity contribution is 0.0942. The zero-order valence-electron chi connectivity index (χ0n) is 11.8. The molecule has 23 heavy (non-hydrogen) atoms. The normalized spacial score (nSPS) is 10.5. The van der Waals surface area contributed by atoms with Crippen molar-refractivity contribution in [2.45, 2.75) is 6.54 Å². The summed E-state index contributed by atoms with van der Waals surface area (Å²) in [7, 11) is 0. The lowest BCUT2D eigenvalue weighted by atomic mass is 10.1. The van der Waals surface area contributed by atoms with Gasteiger partial charge in [0.2, 0.25) is 0 Å². The zero-order valence-corrected chi connectivity index (χ0v) is 11.8. The van der Waals surface area contributed by atoms with Gasteiger partial charge in [-0.15, -0.1) is 0 Å². The quantitative estimate of drug-likeness (QED) is 0.804. The summed E-state index contributed by atoms with van der Waals surface area (Å²) in [4.78, 5) is 20.3. The van der Waals surface area contributed by atoms with Crippen LogP contribution in [-0.4, -0.2) is 15.9 Å². The van der Waals surface area contributed by atoms with Crippen molar-refractivity contribution in [3.05, 3.63) is 71.9 Å². The maximum absolute atomic E-state index is 13.6. The number of amides is 1. The van der Waals surface area contributed by atoms with Gasteiger partial charge in [0.15, 0.2) is 5.76 Å². The van der Waals surface area contributed by atoms with Crippen LogP contribution in [0.1, 0.15) is 16.1 Å². The summed E-state index contributed by atoms with van der Waals surface area (Å²) in [6.07, 6.45) is 4.43. The number of hydrogen-bond donors (Lipinski definition) is 1. The third kappa shape index (κ3) is 3.08. The molecule has 0 saturated carbocycles. The van der Waals surface area contributed by atoms with Crippen LogP contribution in [0.5, 0.6) is 0 Å². The molecule has 3 rings (SSSR count). The molecule has 0 spiro atoms. The Morgan fingerprint density at radius 2 is 1.83 bits per heavy atom. The number of rotatable bonds is 4. The number of carbonyl (C=O) groups excluding carboxylic acids is 1. The van der Waals surface area contributed by atoms with E-state index in [1.54, 1.807) is 12.1 Å². The van der Waals surface area contributed by atoms with Crippen LogP contribution in [0.15, 0.2) is 53.4 Å². The second kappa shape index (κ2) is 6.35. The average Bonchev–Trinajstić information content (AvgIpc) is 3.07. The Labute approximate surface area is 130 Å². The fourth-order valence-electron chi connectivity index (χ4n) is 2.08. The highest BCUT2D eigenvalue weighted by molar-refractivity contribution is 5.94. The molecule has 0 fully saturated rings. The number of benzene rings is 1. The Bertz CT molecular complexity index is 815. The van der Waals surface area contributed by atoms with Crippen molar-refractivity contribution < 1.29 is 18.0 Å². The highest BCUT2D eigenvalue weighted by atomic mass is 19.1. The van der Waals surface area contributed by atoms with Crippen molar-refractivity contribution in [1.82, 2.24) is 15.3 Å². The van der Waals surface area contributed by atoms with Crippen molar-refractivity contribution in [2.75, 3.05) is 0 Å². The van der Waals surface area contributed by atoms with E-state index in [0.717, 1.165) is 12.1 Å². The summed E-state index contributed by atoms with van der Waals surface area (Å²) < 4.78 is 32.4. The van der Waals surface area contributed by atoms with Crippen LogP contribution in [0.4, 0.5) is 8.78 Å². The average molecular weight is 315 g/mol. The zero-order chi connectivity index (χ0) is 16.2. The van der Waals surface area contributed by atoms with Gasteiger partial charge in [-0.3, -0.25) is 9.78 Å². The summed E-state index contributed by atoms with van der Waals surface area (Å²) in [5, 5.41) is 2.44. The maximum Gasteiger partial charge on any atom is 0.257 e. The smallest absolute Gasteiger partial charge is 0.257 e. The molecule has 0 aliphatic heterocycles. The lowest BCUT2D eigenvalue weighted by Gasteiger charge is -2.08. The lowest BCUT2D eigenvalue weighted by Crippen LogP contribution is -2.26. The topological polar surface area (TPSA) is 68.0 Å². The molecule has 0 bridgehead atoms. The van der Waals surface area contributed by atoms with E-state index in [0.29, 0.717) is 17.1 Å². The second-order valence-corrected chi connectivity index (χ2v) is 4.61. The first-order chi connectivity index (χ1) is 11.2. The Balaban J connectivity index is 1.81. The van der Waals surface area contributed by atoms with Gasteiger partial charge in [0.05, 0.1) is 18.5 Å². The highest BCUT2D eigenvalue weighted by Crippen LogP contribution is 2.20. The van der Waals surface area contributed by atoms with Gasteiger partial charge in [0, 0.05) is 12.4 Å². The number of carbonyl (C=O) groups is 1. The summed E-state index contributed by atoms with van der Waals surface area (Å²) in [5.41, 5.74) is 0.246. The number of aromatic nitrogens is 2. The van der Waals surface area contributed by atoms with Crippen LogP contribution in [0.2, 0.25) is 0 Å². The predicted molar refractivity (Wildman–Crippen MR) is 77.3 cm³/mol. The third-order valence-corrected chi connectivity index (χ3v) is 3.13. The van der Waals surface area contributed by atoms with Crippen LogP contribution in [0, 0.1) is 11.6 Å². The molecule has 0 unspecified atom stereocenters. The summed E-state index contributed by atoms with van der Waals surface area (Å²) in [6.45, 7) is -0.0452. The molecule has 1 aromatic carbocycles. The molecule has 2 heterocycles. The van der Waals surface area contributed by atoms with Gasteiger partial charge in [-0.2, -0.15) is 0 Å². The molecule has 0 radical (unpaired) electrons. The van der Waals surface area contributed by atoms with Crippen LogP contribution in [0.25, 0.3) is 11.5 Å². The minimum Gasteiger partial charge on any atom is -0.463 e. The van der Waals surface area contributed by atoms with E-state index in [4.69, 9.17) is 4.42 Å². The molecular formula is C16H11F2N3O2. The van der Waals surface area contributed by atoms with Crippen LogP contribution < -0.4 is 5.32 Å². The van der Waals surface area contributed by atoms with E-state index in [2.05, 4.69) is 15.3 Å². The van der Waals surface area contributed by atoms with Crippen molar-refractivity contribution in [3.8, 4) is 11.5 Å². The van der Waals surface area contributed by atoms with Gasteiger partial charge in [-0.05, 0) is 24.3 Å². The molecule has 0 aliphatic carbocycles. The Hall–Kier alpha value is -3.09. The van der Waals surface area contributed by atoms with Gasteiger partial charge in [-0.1, -0.05) is 6.07 Å². The molecule has 116 valence electrons. The van der Waals surface area contributed by atoms with Gasteiger partial charge in [0.1, 0.15) is 22.9 Å². The van der Waals surface area contributed by atoms with Crippen molar-refractivity contribution >= 4 is 5.91 Å². The number of hydrogen-bond acceptors (Lipinski definition) is 4. The monoisotopic (exact) mass is 315 g/mol. The molecule has 1 N–H and O–H groups in total. The van der Waals surface area contributed by atoms with Crippen molar-refractivity contribution in [1.29, 1.82) is 0 Å². The largest absolute Gasteiger partial charge is 0.463 e. The van der Waals surface area contributed by atoms with E-state index in [9.17, 15) is 13.6 Å². The number of furan rings is 1. The van der Waals surface area contributed by atoms with Crippen LogP contribution in [0.3, 0.4) is 0 Å². The third-order valence-electron chi connectivity index (χ3n) is 3.13. The van der Waals surface area contributed by atoms with E-state index >= 15 is 0 Å². The minimum atomic E-state index is -0.923. The van der Waals surface area contributed by atoms with E-state index < -0.39 is 23.1 Å². The van der Waals surface area contributed by atoms with Crippen molar-refractivity contribution in [3.63, 3.8) is 0 Å². The summed E-state index contributed by atoms with van der Waals surface area (Å²) in [6, 6.07) is 6.63. The molecule has 3 aromatic rings. The Morgan fingerprint density at radius 3 is 2.52 bits per heavy atom. The van der Waals surface area contributed by atoms with Crippen molar-refractivity contribution in [2.24, 2.45) is 0 Å². The minimum absolute atomic E-state index is 0.0452. The van der Waals surface area contributed by atoms with Crippen LogP contribution >= 0.6 is 0 Å². The van der Waals surface area contributed by atoms with Gasteiger partial charge in [-0.25, -0.2) is 13.8 Å². The molecule has 2 aromatic heterocycles. The first-order valence-electron chi connectivity index (χ1n) is 6.73. The molecule has 0 saturated heterocycles. The Morgan fingerprint density at radius 1 is 1.09 bits per heavy atom. The highest BCUT2D eigenvalue weighted by Gasteiger charge is 2.18.